The quantitative estimate of drug-likeness (QED) is 0.382. The molecule has 8 nitrogen and oxygen atoms in total. The number of rotatable bonds is 10. The number of ether oxygens (including phenoxy) is 2. The zero-order valence-corrected chi connectivity index (χ0v) is 22.6. The van der Waals surface area contributed by atoms with Crippen molar-refractivity contribution in [3.8, 4) is 0 Å². The van der Waals surface area contributed by atoms with E-state index in [1.165, 1.54) is 0 Å². The van der Waals surface area contributed by atoms with E-state index in [2.05, 4.69) is 6.58 Å². The number of anilines is 1. The topological polar surface area (TPSA) is 96.4 Å². The van der Waals surface area contributed by atoms with Gasteiger partial charge in [-0.05, 0) is 63.1 Å². The van der Waals surface area contributed by atoms with Gasteiger partial charge < -0.3 is 24.4 Å². The summed E-state index contributed by atoms with van der Waals surface area (Å²) in [6.07, 6.45) is 2.79. The Morgan fingerprint density at radius 3 is 2.70 bits per heavy atom. The number of hydrogen-bond acceptors (Lipinski definition) is 6. The Kier molecular flexibility index (Phi) is 7.81. The van der Waals surface area contributed by atoms with Gasteiger partial charge in [0.15, 0.2) is 0 Å². The average molecular weight is 513 g/mol. The molecule has 0 radical (unpaired) electrons. The number of carbonyl (C=O) groups is 3. The zero-order chi connectivity index (χ0) is 27.1. The van der Waals surface area contributed by atoms with Crippen molar-refractivity contribution in [1.82, 2.24) is 4.90 Å². The Morgan fingerprint density at radius 2 is 2.08 bits per heavy atom. The van der Waals surface area contributed by atoms with Crippen molar-refractivity contribution in [2.24, 2.45) is 17.8 Å². The van der Waals surface area contributed by atoms with Gasteiger partial charge in [-0.15, -0.1) is 6.58 Å². The molecule has 2 amide bonds. The number of aliphatic hydroxyl groups is 1. The van der Waals surface area contributed by atoms with Crippen LogP contribution in [0.2, 0.25) is 0 Å². The predicted molar refractivity (Wildman–Crippen MR) is 140 cm³/mol. The minimum Gasteiger partial charge on any atom is -0.466 e. The van der Waals surface area contributed by atoms with Crippen LogP contribution in [0.5, 0.6) is 0 Å². The Labute approximate surface area is 219 Å². The highest BCUT2D eigenvalue weighted by Gasteiger charge is 2.75. The van der Waals surface area contributed by atoms with Crippen LogP contribution in [-0.4, -0.2) is 71.3 Å². The third kappa shape index (κ3) is 4.48. The van der Waals surface area contributed by atoms with Crippen LogP contribution in [-0.2, 0) is 23.9 Å². The van der Waals surface area contributed by atoms with Crippen molar-refractivity contribution in [3.05, 3.63) is 42.0 Å². The Bertz CT molecular complexity index is 1070. The molecule has 4 rings (SSSR count). The highest BCUT2D eigenvalue weighted by Crippen LogP contribution is 2.59. The standard InChI is InChI=1S/C29H40N2O6/c1-7-13-30(21-15-18(5)9-10-19(21)6)27(34)25-29-12-11-22(37-29)23(28(35)36-8-2)24(29)26(33)31(25)20(16-32)14-17(3)4/h7,9-10,15,17,20,22-25,32H,1,8,11-14,16H2,2-6H3/t20-,22+,23-,24+,25?,29?/m1/s1. The minimum absolute atomic E-state index is 0.181. The van der Waals surface area contributed by atoms with Crippen molar-refractivity contribution >= 4 is 23.5 Å². The Morgan fingerprint density at radius 1 is 1.35 bits per heavy atom. The van der Waals surface area contributed by atoms with Crippen LogP contribution in [0.4, 0.5) is 5.69 Å². The van der Waals surface area contributed by atoms with Gasteiger partial charge in [0, 0.05) is 12.2 Å². The molecule has 0 aromatic heterocycles. The van der Waals surface area contributed by atoms with Crippen LogP contribution >= 0.6 is 0 Å². The first-order valence-corrected chi connectivity index (χ1v) is 13.4. The van der Waals surface area contributed by atoms with Crippen molar-refractivity contribution in [3.63, 3.8) is 0 Å². The summed E-state index contributed by atoms with van der Waals surface area (Å²) in [7, 11) is 0. The van der Waals surface area contributed by atoms with E-state index < -0.39 is 41.6 Å². The number of nitrogens with zero attached hydrogens (tertiary/aromatic N) is 2. The molecule has 0 saturated carbocycles. The molecule has 37 heavy (non-hydrogen) atoms. The van der Waals surface area contributed by atoms with Gasteiger partial charge >= 0.3 is 5.97 Å². The molecule has 8 heteroatoms. The maximum atomic E-state index is 14.6. The lowest BCUT2D eigenvalue weighted by molar-refractivity contribution is -0.155. The van der Waals surface area contributed by atoms with Crippen molar-refractivity contribution in [2.75, 3.05) is 24.7 Å². The molecular formula is C29H40N2O6. The lowest BCUT2D eigenvalue weighted by Gasteiger charge is -2.40. The number of amides is 2. The largest absolute Gasteiger partial charge is 0.466 e. The molecule has 202 valence electrons. The van der Waals surface area contributed by atoms with E-state index in [0.29, 0.717) is 19.3 Å². The van der Waals surface area contributed by atoms with Crippen LogP contribution in [0, 0.1) is 31.6 Å². The zero-order valence-electron chi connectivity index (χ0n) is 22.6. The second-order valence-corrected chi connectivity index (χ2v) is 11.0. The summed E-state index contributed by atoms with van der Waals surface area (Å²) in [6, 6.07) is 4.38. The van der Waals surface area contributed by atoms with Gasteiger partial charge in [0.25, 0.3) is 5.91 Å². The number of fused-ring (bicyclic) bond motifs is 1. The molecule has 3 heterocycles. The first-order valence-electron chi connectivity index (χ1n) is 13.4. The van der Waals surface area contributed by atoms with Crippen LogP contribution in [0.3, 0.4) is 0 Å². The van der Waals surface area contributed by atoms with E-state index >= 15 is 0 Å². The first-order chi connectivity index (χ1) is 17.6. The minimum atomic E-state index is -1.14. The van der Waals surface area contributed by atoms with E-state index in [4.69, 9.17) is 9.47 Å². The average Bonchev–Trinajstić information content (AvgIpc) is 3.49. The predicted octanol–water partition coefficient (Wildman–Crippen LogP) is 3.17. The van der Waals surface area contributed by atoms with Gasteiger partial charge in [-0.3, -0.25) is 14.4 Å². The Balaban J connectivity index is 1.85. The van der Waals surface area contributed by atoms with E-state index in [9.17, 15) is 19.5 Å². The molecule has 2 unspecified atom stereocenters. The third-order valence-electron chi connectivity index (χ3n) is 8.11. The number of likely N-dealkylation sites (tertiary alicyclic amines) is 1. The summed E-state index contributed by atoms with van der Waals surface area (Å²) < 4.78 is 11.8. The molecule has 0 aliphatic carbocycles. The second-order valence-electron chi connectivity index (χ2n) is 11.0. The van der Waals surface area contributed by atoms with Gasteiger partial charge in [0.05, 0.1) is 37.2 Å². The van der Waals surface area contributed by atoms with E-state index in [1.54, 1.807) is 22.8 Å². The first kappa shape index (κ1) is 27.3. The summed E-state index contributed by atoms with van der Waals surface area (Å²) in [4.78, 5) is 45.0. The lowest BCUT2D eigenvalue weighted by Crippen LogP contribution is -2.59. The normalized spacial score (nSPS) is 28.9. The number of hydrogen-bond donors (Lipinski definition) is 1. The van der Waals surface area contributed by atoms with Gasteiger partial charge in [-0.1, -0.05) is 32.1 Å². The van der Waals surface area contributed by atoms with Crippen molar-refractivity contribution in [1.29, 1.82) is 0 Å². The number of benzene rings is 1. The molecule has 3 aliphatic rings. The SMILES string of the molecule is C=CCN(C(=O)C1N([C@@H](CO)CC(C)C)C(=O)[C@@H]2[C@H](C(=O)OCC)[C@@H]3CCC12O3)c1cc(C)ccc1C. The third-order valence-corrected chi connectivity index (χ3v) is 8.11. The van der Waals surface area contributed by atoms with Crippen LogP contribution < -0.4 is 4.90 Å². The number of carbonyl (C=O) groups excluding carboxylic acids is 3. The smallest absolute Gasteiger partial charge is 0.312 e. The number of esters is 1. The monoisotopic (exact) mass is 512 g/mol. The summed E-state index contributed by atoms with van der Waals surface area (Å²) in [5.41, 5.74) is 1.53. The molecule has 1 aromatic carbocycles. The number of aliphatic hydroxyl groups excluding tert-OH is 1. The summed E-state index contributed by atoms with van der Waals surface area (Å²) >= 11 is 0. The fourth-order valence-electron chi connectivity index (χ4n) is 6.68. The van der Waals surface area contributed by atoms with Gasteiger partial charge in [0.1, 0.15) is 11.6 Å². The highest BCUT2D eigenvalue weighted by atomic mass is 16.6. The van der Waals surface area contributed by atoms with Gasteiger partial charge in [-0.25, -0.2) is 0 Å². The summed E-state index contributed by atoms with van der Waals surface area (Å²) in [5, 5.41) is 10.4. The molecule has 1 spiro atoms. The number of aryl methyl sites for hydroxylation is 2. The highest BCUT2D eigenvalue weighted by molar-refractivity contribution is 6.05. The second kappa shape index (κ2) is 10.6. The molecule has 1 N–H and O–H groups in total. The van der Waals surface area contributed by atoms with E-state index in [1.807, 2.05) is 45.9 Å². The van der Waals surface area contributed by atoms with E-state index in [0.717, 1.165) is 16.8 Å². The summed E-state index contributed by atoms with van der Waals surface area (Å²) in [6.45, 7) is 13.7. The lowest BCUT2D eigenvalue weighted by atomic mass is 9.70. The molecular weight excluding hydrogens is 472 g/mol. The van der Waals surface area contributed by atoms with Gasteiger partial charge in [0.2, 0.25) is 5.91 Å². The van der Waals surface area contributed by atoms with Crippen molar-refractivity contribution < 1.29 is 29.0 Å². The van der Waals surface area contributed by atoms with Crippen LogP contribution in [0.25, 0.3) is 0 Å². The summed E-state index contributed by atoms with van der Waals surface area (Å²) in [5.74, 6) is -2.44. The molecule has 3 saturated heterocycles. The maximum absolute atomic E-state index is 14.6. The van der Waals surface area contributed by atoms with E-state index in [-0.39, 0.29) is 37.5 Å². The van der Waals surface area contributed by atoms with Crippen LogP contribution in [0.1, 0.15) is 51.2 Å². The van der Waals surface area contributed by atoms with Crippen molar-refractivity contribution in [2.45, 2.75) is 77.7 Å². The Hall–Kier alpha value is -2.71. The maximum Gasteiger partial charge on any atom is 0.312 e. The fourth-order valence-corrected chi connectivity index (χ4v) is 6.68. The molecule has 1 aromatic rings. The molecule has 6 atom stereocenters. The molecule has 3 aliphatic heterocycles. The molecule has 2 bridgehead atoms. The van der Waals surface area contributed by atoms with Gasteiger partial charge in [-0.2, -0.15) is 0 Å². The fraction of sp³-hybridized carbons (Fsp3) is 0.621. The van der Waals surface area contributed by atoms with Crippen LogP contribution in [0.15, 0.2) is 30.9 Å². The molecule has 3 fully saturated rings.